The van der Waals surface area contributed by atoms with Crippen LogP contribution in [0.25, 0.3) is 11.4 Å². The third-order valence-electron chi connectivity index (χ3n) is 3.56. The van der Waals surface area contributed by atoms with Crippen molar-refractivity contribution in [3.05, 3.63) is 36.2 Å². The molecular formula is C17H18F2N8O. The number of carbonyl (C=O) groups excluding carboxylic acids is 1. The molecule has 0 aliphatic heterocycles. The summed E-state index contributed by atoms with van der Waals surface area (Å²) in [6.45, 7) is 3.68. The molecule has 3 aromatic rings. The Morgan fingerprint density at radius 1 is 1.18 bits per heavy atom. The van der Waals surface area contributed by atoms with Crippen LogP contribution in [0, 0.1) is 6.92 Å². The van der Waals surface area contributed by atoms with Gasteiger partial charge in [-0.1, -0.05) is 0 Å². The minimum Gasteiger partial charge on any atom is -0.339 e. The number of halogens is 2. The Labute approximate surface area is 159 Å². The van der Waals surface area contributed by atoms with E-state index < -0.39 is 11.7 Å². The van der Waals surface area contributed by atoms with Crippen LogP contribution < -0.4 is 10.6 Å². The quantitative estimate of drug-likeness (QED) is 0.691. The molecule has 11 heteroatoms. The number of nitrogens with zero attached hydrogens (tertiary/aromatic N) is 6. The Bertz CT molecular complexity index is 1030. The van der Waals surface area contributed by atoms with Crippen molar-refractivity contribution in [2.45, 2.75) is 26.7 Å². The fourth-order valence-corrected chi connectivity index (χ4v) is 2.42. The lowest BCUT2D eigenvalue weighted by atomic mass is 10.2. The predicted octanol–water partition coefficient (Wildman–Crippen LogP) is 2.79. The van der Waals surface area contributed by atoms with Gasteiger partial charge in [-0.2, -0.15) is 13.9 Å². The van der Waals surface area contributed by atoms with Crippen LogP contribution in [-0.2, 0) is 17.8 Å². The van der Waals surface area contributed by atoms with Crippen molar-refractivity contribution in [1.29, 1.82) is 0 Å². The summed E-state index contributed by atoms with van der Waals surface area (Å²) >= 11 is 0. The molecule has 146 valence electrons. The van der Waals surface area contributed by atoms with Crippen LogP contribution in [-0.4, -0.2) is 35.6 Å². The van der Waals surface area contributed by atoms with Crippen LogP contribution in [0.1, 0.15) is 25.4 Å². The van der Waals surface area contributed by atoms with E-state index in [1.54, 1.807) is 20.0 Å². The van der Waals surface area contributed by atoms with Gasteiger partial charge in [0.1, 0.15) is 18.0 Å². The number of carbonyl (C=O) groups is 1. The molecule has 9 nitrogen and oxygen atoms in total. The van der Waals surface area contributed by atoms with Crippen LogP contribution in [0.5, 0.6) is 0 Å². The number of hydrogen-bond donors (Lipinski definition) is 2. The fraction of sp³-hybridized carbons (Fsp3) is 0.294. The van der Waals surface area contributed by atoms with Crippen molar-refractivity contribution >= 4 is 23.2 Å². The van der Waals surface area contributed by atoms with Gasteiger partial charge in [0.2, 0.25) is 11.7 Å². The summed E-state index contributed by atoms with van der Waals surface area (Å²) in [5, 5.41) is 9.79. The number of amides is 1. The van der Waals surface area contributed by atoms with Crippen molar-refractivity contribution in [3.63, 3.8) is 0 Å². The Balaban J connectivity index is 2.06. The Morgan fingerprint density at radius 3 is 2.54 bits per heavy atom. The zero-order chi connectivity index (χ0) is 20.5. The van der Waals surface area contributed by atoms with Crippen molar-refractivity contribution in [2.75, 3.05) is 10.6 Å². The van der Waals surface area contributed by atoms with E-state index in [9.17, 15) is 13.6 Å². The fourth-order valence-electron chi connectivity index (χ4n) is 2.42. The summed E-state index contributed by atoms with van der Waals surface area (Å²) in [7, 11) is 1.71. The molecule has 0 unspecified atom stereocenters. The lowest BCUT2D eigenvalue weighted by Crippen LogP contribution is -2.14. The molecule has 3 heterocycles. The van der Waals surface area contributed by atoms with Gasteiger partial charge in [0.15, 0.2) is 5.82 Å². The van der Waals surface area contributed by atoms with E-state index in [-0.39, 0.29) is 17.5 Å². The molecule has 2 N–H and O–H groups in total. The number of nitrogens with one attached hydrogen (secondary N) is 2. The topological polar surface area (TPSA) is 111 Å². The van der Waals surface area contributed by atoms with Gasteiger partial charge in [-0.15, -0.1) is 0 Å². The average Bonchev–Trinajstić information content (AvgIpc) is 2.99. The second-order valence-corrected chi connectivity index (χ2v) is 6.27. The number of pyridine rings is 1. The predicted molar refractivity (Wildman–Crippen MR) is 98.2 cm³/mol. The highest BCUT2D eigenvalue weighted by molar-refractivity contribution is 5.89. The first-order chi connectivity index (χ1) is 13.1. The second kappa shape index (κ2) is 7.25. The summed E-state index contributed by atoms with van der Waals surface area (Å²) in [5.74, 6) is -3.26. The van der Waals surface area contributed by atoms with Crippen LogP contribution in [0.15, 0.2) is 24.7 Å². The van der Waals surface area contributed by atoms with E-state index >= 15 is 0 Å². The molecular weight excluding hydrogens is 370 g/mol. The first-order valence-corrected chi connectivity index (χ1v) is 8.26. The van der Waals surface area contributed by atoms with Gasteiger partial charge < -0.3 is 10.6 Å². The van der Waals surface area contributed by atoms with Gasteiger partial charge in [-0.25, -0.2) is 19.9 Å². The molecule has 0 aliphatic carbocycles. The molecule has 0 saturated heterocycles. The van der Waals surface area contributed by atoms with Gasteiger partial charge in [-0.05, 0) is 6.92 Å². The van der Waals surface area contributed by atoms with Crippen molar-refractivity contribution in [3.8, 4) is 11.4 Å². The molecule has 0 aromatic carbocycles. The minimum absolute atomic E-state index is 0.168. The Kier molecular flexibility index (Phi) is 4.99. The van der Waals surface area contributed by atoms with E-state index in [1.165, 1.54) is 30.2 Å². The van der Waals surface area contributed by atoms with Gasteiger partial charge in [0.05, 0.1) is 11.3 Å². The molecule has 3 rings (SSSR count). The molecule has 28 heavy (non-hydrogen) atoms. The van der Waals surface area contributed by atoms with Gasteiger partial charge in [0.25, 0.3) is 0 Å². The number of alkyl halides is 2. The molecule has 0 atom stereocenters. The van der Waals surface area contributed by atoms with Crippen LogP contribution in [0.3, 0.4) is 0 Å². The van der Waals surface area contributed by atoms with Crippen molar-refractivity contribution in [2.24, 2.45) is 7.05 Å². The summed E-state index contributed by atoms with van der Waals surface area (Å²) in [6, 6.07) is 3.08. The highest BCUT2D eigenvalue weighted by Gasteiger charge is 2.29. The van der Waals surface area contributed by atoms with Crippen molar-refractivity contribution in [1.82, 2.24) is 29.7 Å². The maximum absolute atomic E-state index is 13.7. The SMILES string of the molecule is CC(=O)Nc1cc(Nc2cc(C)nc(C(C)(F)F)n2)c(-c2ncn(C)n2)cn1. The third-order valence-corrected chi connectivity index (χ3v) is 3.56. The molecule has 0 spiro atoms. The lowest BCUT2D eigenvalue weighted by molar-refractivity contribution is -0.114. The lowest BCUT2D eigenvalue weighted by Gasteiger charge is -2.14. The smallest absolute Gasteiger partial charge is 0.303 e. The normalized spacial score (nSPS) is 11.4. The monoisotopic (exact) mass is 388 g/mol. The molecule has 0 radical (unpaired) electrons. The van der Waals surface area contributed by atoms with E-state index in [2.05, 4.69) is 35.7 Å². The number of hydrogen-bond acceptors (Lipinski definition) is 7. The molecule has 3 aromatic heterocycles. The van der Waals surface area contributed by atoms with Crippen LogP contribution in [0.4, 0.5) is 26.1 Å². The van der Waals surface area contributed by atoms with Gasteiger partial charge in [0, 0.05) is 44.9 Å². The molecule has 0 bridgehead atoms. The first-order valence-electron chi connectivity index (χ1n) is 8.26. The number of anilines is 3. The standard InChI is InChI=1S/C17H18F2N8O/c1-9-5-14(25-16(22-9)17(3,18)19)24-12-6-13(23-10(2)28)20-7-11(12)15-21-8-27(4)26-15/h5-8H,1-4H3,(H2,20,22,23,24,25,28). The summed E-state index contributed by atoms with van der Waals surface area (Å²) in [6.07, 6.45) is 3.00. The highest BCUT2D eigenvalue weighted by atomic mass is 19.3. The first kappa shape index (κ1) is 19.3. The van der Waals surface area contributed by atoms with E-state index in [0.29, 0.717) is 22.8 Å². The highest BCUT2D eigenvalue weighted by Crippen LogP contribution is 2.30. The molecule has 0 saturated carbocycles. The Hall–Kier alpha value is -3.50. The largest absolute Gasteiger partial charge is 0.339 e. The minimum atomic E-state index is -3.19. The molecule has 1 amide bonds. The summed E-state index contributed by atoms with van der Waals surface area (Å²) in [4.78, 5) is 27.4. The summed E-state index contributed by atoms with van der Waals surface area (Å²) < 4.78 is 28.9. The Morgan fingerprint density at radius 2 is 1.93 bits per heavy atom. The van der Waals surface area contributed by atoms with Crippen molar-refractivity contribution < 1.29 is 13.6 Å². The molecule has 0 fully saturated rings. The van der Waals surface area contributed by atoms with Crippen LogP contribution in [0.2, 0.25) is 0 Å². The average molecular weight is 388 g/mol. The number of aromatic nitrogens is 6. The number of aryl methyl sites for hydroxylation is 2. The zero-order valence-electron chi connectivity index (χ0n) is 15.7. The van der Waals surface area contributed by atoms with E-state index in [0.717, 1.165) is 6.92 Å². The third kappa shape index (κ3) is 4.42. The molecule has 0 aliphatic rings. The maximum Gasteiger partial charge on any atom is 0.303 e. The maximum atomic E-state index is 13.7. The zero-order valence-corrected chi connectivity index (χ0v) is 15.7. The van der Waals surface area contributed by atoms with Gasteiger partial charge in [-0.3, -0.25) is 9.48 Å². The van der Waals surface area contributed by atoms with Gasteiger partial charge >= 0.3 is 5.92 Å². The van der Waals surface area contributed by atoms with Crippen LogP contribution >= 0.6 is 0 Å². The number of rotatable bonds is 5. The van der Waals surface area contributed by atoms with E-state index in [4.69, 9.17) is 0 Å². The van der Waals surface area contributed by atoms with E-state index in [1.807, 2.05) is 0 Å². The summed E-state index contributed by atoms with van der Waals surface area (Å²) in [5.41, 5.74) is 1.33. The second-order valence-electron chi connectivity index (χ2n) is 6.27.